The van der Waals surface area contributed by atoms with Gasteiger partial charge in [0.2, 0.25) is 11.8 Å². The zero-order valence-electron chi connectivity index (χ0n) is 16.1. The van der Waals surface area contributed by atoms with Crippen LogP contribution in [0.5, 0.6) is 0 Å². The van der Waals surface area contributed by atoms with Gasteiger partial charge in [-0.15, -0.1) is 23.2 Å². The third-order valence-corrected chi connectivity index (χ3v) is 7.28. The molecule has 2 heterocycles. The Balaban J connectivity index is 1.32. The molecule has 1 aliphatic heterocycles. The van der Waals surface area contributed by atoms with Crippen LogP contribution in [0.2, 0.25) is 0 Å². The van der Waals surface area contributed by atoms with Gasteiger partial charge in [-0.2, -0.15) is 5.10 Å². The lowest BCUT2D eigenvalue weighted by atomic mass is 10.1. The standard InChI is InChI=1S/C20H21Cl2N5O3/c21-20(22)7-11(20)8-24-19(30)15-6-10-5-14(10)27(15)16(28)9-26-13-4-2-1-3-12(13)17(25-26)18(23)29/h1-4,10-11,14-15H,5-9H2,(H2,23,29)(H,24,30)/t10-,11-,14?,15+/m1/s1. The van der Waals surface area contributed by atoms with Crippen molar-refractivity contribution in [1.29, 1.82) is 0 Å². The van der Waals surface area contributed by atoms with Crippen molar-refractivity contribution in [1.82, 2.24) is 20.0 Å². The molecule has 8 nitrogen and oxygen atoms in total. The van der Waals surface area contributed by atoms with Crippen LogP contribution in [0.4, 0.5) is 0 Å². The quantitative estimate of drug-likeness (QED) is 0.649. The number of nitrogens with one attached hydrogen (secondary N) is 1. The number of piperidine rings is 1. The molecule has 0 bridgehead atoms. The molecule has 4 atom stereocenters. The number of carbonyl (C=O) groups excluding carboxylic acids is 3. The molecular weight excluding hydrogens is 429 g/mol. The van der Waals surface area contributed by atoms with Crippen molar-refractivity contribution in [2.24, 2.45) is 17.6 Å². The summed E-state index contributed by atoms with van der Waals surface area (Å²) in [6.45, 7) is 0.349. The molecule has 2 saturated carbocycles. The number of carbonyl (C=O) groups is 3. The molecule has 0 spiro atoms. The second-order valence-corrected chi connectivity index (χ2v) is 9.95. The molecule has 1 aromatic heterocycles. The maximum absolute atomic E-state index is 13.2. The van der Waals surface area contributed by atoms with Gasteiger partial charge in [-0.1, -0.05) is 18.2 Å². The lowest BCUT2D eigenvalue weighted by Gasteiger charge is -2.27. The van der Waals surface area contributed by atoms with Crippen LogP contribution in [-0.4, -0.2) is 55.4 Å². The summed E-state index contributed by atoms with van der Waals surface area (Å²) in [6.07, 6.45) is 2.23. The summed E-state index contributed by atoms with van der Waals surface area (Å²) in [5.74, 6) is -0.601. The van der Waals surface area contributed by atoms with Crippen molar-refractivity contribution in [2.75, 3.05) is 6.54 Å². The van der Waals surface area contributed by atoms with Gasteiger partial charge in [0.05, 0.1) is 5.52 Å². The Morgan fingerprint density at radius 2 is 1.97 bits per heavy atom. The summed E-state index contributed by atoms with van der Waals surface area (Å²) in [4.78, 5) is 39.3. The zero-order valence-corrected chi connectivity index (χ0v) is 17.6. The van der Waals surface area contributed by atoms with Crippen LogP contribution in [0.1, 0.15) is 29.8 Å². The Bertz CT molecular complexity index is 1070. The van der Waals surface area contributed by atoms with Crippen molar-refractivity contribution in [3.63, 3.8) is 0 Å². The monoisotopic (exact) mass is 449 g/mol. The molecular formula is C20H21Cl2N5O3. The molecule has 10 heteroatoms. The summed E-state index contributed by atoms with van der Waals surface area (Å²) in [5, 5.41) is 7.76. The molecule has 5 rings (SSSR count). The lowest BCUT2D eigenvalue weighted by Crippen LogP contribution is -2.49. The highest BCUT2D eigenvalue weighted by Gasteiger charge is 2.56. The van der Waals surface area contributed by atoms with Crippen LogP contribution in [-0.2, 0) is 16.1 Å². The molecule has 3 N–H and O–H groups in total. The van der Waals surface area contributed by atoms with E-state index >= 15 is 0 Å². The van der Waals surface area contributed by atoms with Crippen molar-refractivity contribution >= 4 is 51.8 Å². The number of rotatable bonds is 6. The molecule has 1 saturated heterocycles. The summed E-state index contributed by atoms with van der Waals surface area (Å²) < 4.78 is 0.738. The smallest absolute Gasteiger partial charge is 0.269 e. The van der Waals surface area contributed by atoms with E-state index in [0.29, 0.717) is 36.2 Å². The van der Waals surface area contributed by atoms with Crippen LogP contribution in [0.15, 0.2) is 24.3 Å². The topological polar surface area (TPSA) is 110 Å². The van der Waals surface area contributed by atoms with E-state index in [1.54, 1.807) is 23.1 Å². The maximum atomic E-state index is 13.2. The average Bonchev–Trinajstić information content (AvgIpc) is 3.49. The zero-order chi connectivity index (χ0) is 21.2. The maximum Gasteiger partial charge on any atom is 0.269 e. The van der Waals surface area contributed by atoms with Gasteiger partial charge in [-0.05, 0) is 31.2 Å². The number of fused-ring (bicyclic) bond motifs is 2. The van der Waals surface area contributed by atoms with E-state index in [0.717, 1.165) is 6.42 Å². The highest BCUT2D eigenvalue weighted by molar-refractivity contribution is 6.50. The second kappa shape index (κ2) is 6.85. The number of halogens is 2. The number of benzene rings is 1. The fourth-order valence-corrected chi connectivity index (χ4v) is 5.05. The van der Waals surface area contributed by atoms with Crippen LogP contribution in [0.25, 0.3) is 10.9 Å². The van der Waals surface area contributed by atoms with Gasteiger partial charge < -0.3 is 16.0 Å². The van der Waals surface area contributed by atoms with Gasteiger partial charge in [0, 0.05) is 23.9 Å². The second-order valence-electron chi connectivity index (χ2n) is 8.41. The van der Waals surface area contributed by atoms with Gasteiger partial charge >= 0.3 is 0 Å². The van der Waals surface area contributed by atoms with Crippen molar-refractivity contribution in [3.05, 3.63) is 30.0 Å². The molecule has 3 amide bonds. The highest BCUT2D eigenvalue weighted by Crippen LogP contribution is 2.53. The van der Waals surface area contributed by atoms with Crippen molar-refractivity contribution in [3.8, 4) is 0 Å². The predicted molar refractivity (Wildman–Crippen MR) is 111 cm³/mol. The number of hydrogen-bond donors (Lipinski definition) is 2. The predicted octanol–water partition coefficient (Wildman–Crippen LogP) is 1.43. The van der Waals surface area contributed by atoms with E-state index in [1.807, 2.05) is 6.07 Å². The minimum atomic E-state index is -0.750. The first kappa shape index (κ1) is 19.6. The van der Waals surface area contributed by atoms with E-state index in [2.05, 4.69) is 10.4 Å². The van der Waals surface area contributed by atoms with E-state index in [4.69, 9.17) is 28.9 Å². The third kappa shape index (κ3) is 3.32. The molecule has 3 fully saturated rings. The Morgan fingerprint density at radius 3 is 2.67 bits per heavy atom. The normalized spacial score (nSPS) is 28.3. The molecule has 1 unspecified atom stereocenters. The third-order valence-electron chi connectivity index (χ3n) is 6.35. The Hall–Kier alpha value is -2.32. The molecule has 158 valence electrons. The minimum Gasteiger partial charge on any atom is -0.364 e. The molecule has 3 aliphatic rings. The number of amides is 3. The van der Waals surface area contributed by atoms with Crippen LogP contribution in [0.3, 0.4) is 0 Å². The number of primary amides is 1. The highest BCUT2D eigenvalue weighted by atomic mass is 35.5. The molecule has 0 radical (unpaired) electrons. The van der Waals surface area contributed by atoms with Gasteiger partial charge in [0.15, 0.2) is 5.69 Å². The van der Waals surface area contributed by atoms with Gasteiger partial charge in [-0.3, -0.25) is 19.1 Å². The van der Waals surface area contributed by atoms with E-state index in [1.165, 1.54) is 4.68 Å². The van der Waals surface area contributed by atoms with Gasteiger partial charge in [0.1, 0.15) is 16.9 Å². The minimum absolute atomic E-state index is 0.0486. The van der Waals surface area contributed by atoms with E-state index in [-0.39, 0.29) is 36.0 Å². The number of para-hydroxylation sites is 1. The summed E-state index contributed by atoms with van der Waals surface area (Å²) >= 11 is 12.1. The molecule has 2 aliphatic carbocycles. The van der Waals surface area contributed by atoms with E-state index < -0.39 is 16.3 Å². The number of likely N-dealkylation sites (tertiary alicyclic amines) is 1. The first-order valence-electron chi connectivity index (χ1n) is 9.98. The molecule has 1 aromatic carbocycles. The fraction of sp³-hybridized carbons (Fsp3) is 0.500. The first-order chi connectivity index (χ1) is 14.3. The van der Waals surface area contributed by atoms with Crippen LogP contribution < -0.4 is 11.1 Å². The lowest BCUT2D eigenvalue weighted by molar-refractivity contribution is -0.140. The van der Waals surface area contributed by atoms with Crippen molar-refractivity contribution in [2.45, 2.75) is 42.2 Å². The largest absolute Gasteiger partial charge is 0.364 e. The molecule has 30 heavy (non-hydrogen) atoms. The first-order valence-corrected chi connectivity index (χ1v) is 10.7. The fourth-order valence-electron chi connectivity index (χ4n) is 4.52. The SMILES string of the molecule is NC(=O)c1nn(CC(=O)N2C3C[C@@H]3C[C@H]2C(=O)NC[C@H]2CC2(Cl)Cl)c2ccccc12. The van der Waals surface area contributed by atoms with Gasteiger partial charge in [0.25, 0.3) is 5.91 Å². The number of alkyl halides is 2. The Morgan fingerprint density at radius 1 is 1.23 bits per heavy atom. The number of nitrogens with two attached hydrogens (primary N) is 1. The van der Waals surface area contributed by atoms with Crippen molar-refractivity contribution < 1.29 is 14.4 Å². The summed E-state index contributed by atoms with van der Waals surface area (Å²) in [7, 11) is 0. The van der Waals surface area contributed by atoms with Gasteiger partial charge in [-0.25, -0.2) is 0 Å². The van der Waals surface area contributed by atoms with Crippen LogP contribution >= 0.6 is 23.2 Å². The summed E-state index contributed by atoms with van der Waals surface area (Å²) in [5.41, 5.74) is 6.22. The number of nitrogens with zero attached hydrogens (tertiary/aromatic N) is 3. The average molecular weight is 450 g/mol. The van der Waals surface area contributed by atoms with E-state index in [9.17, 15) is 14.4 Å². The number of aromatic nitrogens is 2. The Kier molecular flexibility index (Phi) is 4.48. The molecule has 2 aromatic rings. The van der Waals surface area contributed by atoms with Crippen LogP contribution in [0, 0.1) is 11.8 Å². The Labute approximate surface area is 182 Å². The summed E-state index contributed by atoms with van der Waals surface area (Å²) in [6, 6.07) is 6.72. The number of hydrogen-bond acceptors (Lipinski definition) is 4.